The van der Waals surface area contributed by atoms with Gasteiger partial charge in [-0.1, -0.05) is 6.07 Å². The van der Waals surface area contributed by atoms with Crippen LogP contribution in [0.2, 0.25) is 0 Å². The molecule has 158 valence electrons. The van der Waals surface area contributed by atoms with Crippen LogP contribution in [0, 0.1) is 19.7 Å². The molecule has 0 aliphatic heterocycles. The van der Waals surface area contributed by atoms with Crippen LogP contribution in [0.3, 0.4) is 0 Å². The number of nitrogens with zero attached hydrogens (tertiary/aromatic N) is 2. The number of halogens is 1. The maximum absolute atomic E-state index is 13.1. The third kappa shape index (κ3) is 3.33. The molecule has 0 aliphatic rings. The highest BCUT2D eigenvalue weighted by atomic mass is 19.1. The molecule has 0 aliphatic carbocycles. The number of carbonyl (C=O) groups excluding carboxylic acids is 1. The summed E-state index contributed by atoms with van der Waals surface area (Å²) in [4.78, 5) is 30.2. The second-order valence-corrected chi connectivity index (χ2v) is 7.76. The summed E-state index contributed by atoms with van der Waals surface area (Å²) in [6.07, 6.45) is 1.55. The molecule has 3 aromatic carbocycles. The molecule has 2 heterocycles. The summed E-state index contributed by atoms with van der Waals surface area (Å²) in [6.45, 7) is 4.01. The number of hydrogen-bond donors (Lipinski definition) is 2. The number of fused-ring (bicyclic) bond motifs is 3. The number of amides is 1. The predicted octanol–water partition coefficient (Wildman–Crippen LogP) is 4.88. The van der Waals surface area contributed by atoms with Gasteiger partial charge in [-0.05, 0) is 79.6 Å². The lowest BCUT2D eigenvalue weighted by atomic mass is 10.1. The van der Waals surface area contributed by atoms with E-state index in [0.29, 0.717) is 33.1 Å². The normalized spacial score (nSPS) is 11.2. The Bertz CT molecular complexity index is 1570. The summed E-state index contributed by atoms with van der Waals surface area (Å²) < 4.78 is 14.6. The van der Waals surface area contributed by atoms with Crippen molar-refractivity contribution in [2.24, 2.45) is 0 Å². The molecule has 0 atom stereocenters. The third-order valence-electron chi connectivity index (χ3n) is 5.64. The van der Waals surface area contributed by atoms with Crippen molar-refractivity contribution in [3.8, 4) is 5.69 Å². The summed E-state index contributed by atoms with van der Waals surface area (Å²) >= 11 is 0. The van der Waals surface area contributed by atoms with Gasteiger partial charge < -0.3 is 5.32 Å². The molecule has 5 rings (SSSR count). The van der Waals surface area contributed by atoms with Crippen LogP contribution in [0.1, 0.15) is 21.5 Å². The third-order valence-corrected chi connectivity index (χ3v) is 5.64. The lowest BCUT2D eigenvalue weighted by molar-refractivity contribution is 0.102. The van der Waals surface area contributed by atoms with Crippen molar-refractivity contribution in [2.45, 2.75) is 13.8 Å². The first-order valence-electron chi connectivity index (χ1n) is 10.1. The number of benzene rings is 3. The molecule has 7 heteroatoms. The highest BCUT2D eigenvalue weighted by Gasteiger charge is 2.15. The van der Waals surface area contributed by atoms with Crippen LogP contribution in [-0.4, -0.2) is 20.7 Å². The summed E-state index contributed by atoms with van der Waals surface area (Å²) in [5, 5.41) is 7.03. The van der Waals surface area contributed by atoms with Gasteiger partial charge in [0.2, 0.25) is 0 Å². The molecule has 0 saturated heterocycles. The van der Waals surface area contributed by atoms with Crippen LogP contribution in [-0.2, 0) is 0 Å². The van der Waals surface area contributed by atoms with E-state index in [-0.39, 0.29) is 17.3 Å². The van der Waals surface area contributed by atoms with Gasteiger partial charge in [0.25, 0.3) is 11.5 Å². The molecule has 0 fully saturated rings. The van der Waals surface area contributed by atoms with E-state index < -0.39 is 0 Å². The van der Waals surface area contributed by atoms with Crippen LogP contribution in [0.5, 0.6) is 0 Å². The number of pyridine rings is 1. The summed E-state index contributed by atoms with van der Waals surface area (Å²) in [5.74, 6) is -0.717. The Morgan fingerprint density at radius 2 is 1.75 bits per heavy atom. The number of anilines is 1. The van der Waals surface area contributed by atoms with Crippen molar-refractivity contribution in [2.75, 3.05) is 5.32 Å². The zero-order valence-corrected chi connectivity index (χ0v) is 17.4. The number of aromatic amines is 1. The van der Waals surface area contributed by atoms with Crippen molar-refractivity contribution in [3.63, 3.8) is 0 Å². The fourth-order valence-electron chi connectivity index (χ4n) is 3.68. The number of H-pyrrole nitrogens is 1. The Kier molecular flexibility index (Phi) is 4.59. The highest BCUT2D eigenvalue weighted by Crippen LogP contribution is 2.23. The molecule has 5 aromatic rings. The second kappa shape index (κ2) is 7.46. The summed E-state index contributed by atoms with van der Waals surface area (Å²) in [6, 6.07) is 16.5. The van der Waals surface area contributed by atoms with Crippen molar-refractivity contribution in [3.05, 3.63) is 99.7 Å². The zero-order chi connectivity index (χ0) is 22.4. The average Bonchev–Trinajstić information content (AvgIpc) is 3.14. The number of aromatic nitrogens is 3. The van der Waals surface area contributed by atoms with E-state index in [4.69, 9.17) is 0 Å². The molecule has 0 saturated carbocycles. The first kappa shape index (κ1) is 19.7. The fraction of sp³-hybridized carbons (Fsp3) is 0.0800. The molecular formula is C25H19FN4O2. The summed E-state index contributed by atoms with van der Waals surface area (Å²) in [5.41, 5.74) is 4.89. The lowest BCUT2D eigenvalue weighted by Gasteiger charge is -2.07. The standard InChI is InChI=1S/C25H19FN4O2/c1-14-3-9-19(11-15(14)2)30-25(32)21-13-27-22-10-4-16(12-20(22)23(21)29-30)24(31)28-18-7-5-17(26)6-8-18/h3-13,29H,1-2H3,(H,28,31). The first-order valence-corrected chi connectivity index (χ1v) is 10.1. The second-order valence-electron chi connectivity index (χ2n) is 7.76. The van der Waals surface area contributed by atoms with Crippen LogP contribution >= 0.6 is 0 Å². The van der Waals surface area contributed by atoms with Crippen molar-refractivity contribution in [1.29, 1.82) is 0 Å². The Morgan fingerprint density at radius 1 is 0.969 bits per heavy atom. The largest absolute Gasteiger partial charge is 0.322 e. The molecule has 2 N–H and O–H groups in total. The van der Waals surface area contributed by atoms with Crippen molar-refractivity contribution < 1.29 is 9.18 Å². The van der Waals surface area contributed by atoms with E-state index in [2.05, 4.69) is 15.4 Å². The Balaban J connectivity index is 1.60. The maximum Gasteiger partial charge on any atom is 0.280 e. The molecule has 0 bridgehead atoms. The molecule has 1 amide bonds. The average molecular weight is 426 g/mol. The van der Waals surface area contributed by atoms with Gasteiger partial charge in [0.1, 0.15) is 5.82 Å². The fourth-order valence-corrected chi connectivity index (χ4v) is 3.68. The van der Waals surface area contributed by atoms with Gasteiger partial charge >= 0.3 is 0 Å². The monoisotopic (exact) mass is 426 g/mol. The van der Waals surface area contributed by atoms with E-state index in [9.17, 15) is 14.0 Å². The Morgan fingerprint density at radius 3 is 2.50 bits per heavy atom. The lowest BCUT2D eigenvalue weighted by Crippen LogP contribution is -2.14. The van der Waals surface area contributed by atoms with Crippen molar-refractivity contribution >= 4 is 33.4 Å². The molecule has 0 spiro atoms. The predicted molar refractivity (Wildman–Crippen MR) is 123 cm³/mol. The number of hydrogen-bond acceptors (Lipinski definition) is 3. The minimum absolute atomic E-state index is 0.209. The topological polar surface area (TPSA) is 79.8 Å². The van der Waals surface area contributed by atoms with E-state index in [1.54, 1.807) is 24.4 Å². The first-order chi connectivity index (χ1) is 15.4. The molecule has 0 unspecified atom stereocenters. The quantitative estimate of drug-likeness (QED) is 0.432. The van der Waals surface area contributed by atoms with Crippen LogP contribution in [0.4, 0.5) is 10.1 Å². The Hall–Kier alpha value is -4.26. The van der Waals surface area contributed by atoms with Gasteiger partial charge in [0.05, 0.1) is 22.1 Å². The molecule has 0 radical (unpaired) electrons. The van der Waals surface area contributed by atoms with E-state index in [1.165, 1.54) is 28.9 Å². The molecule has 2 aromatic heterocycles. The Labute approximate surface area is 182 Å². The van der Waals surface area contributed by atoms with Crippen LogP contribution in [0.15, 0.2) is 71.7 Å². The number of aryl methyl sites for hydroxylation is 2. The SMILES string of the molecule is Cc1ccc(-n2[nH]c3c(cnc4ccc(C(=O)Nc5ccc(F)cc5)cc43)c2=O)cc1C. The van der Waals surface area contributed by atoms with Crippen molar-refractivity contribution in [1.82, 2.24) is 14.8 Å². The molecule has 6 nitrogen and oxygen atoms in total. The smallest absolute Gasteiger partial charge is 0.280 e. The summed E-state index contributed by atoms with van der Waals surface area (Å²) in [7, 11) is 0. The van der Waals surface area contributed by atoms with E-state index in [1.807, 2.05) is 32.0 Å². The van der Waals surface area contributed by atoms with Gasteiger partial charge in [0, 0.05) is 22.8 Å². The van der Waals surface area contributed by atoms with E-state index in [0.717, 1.165) is 16.8 Å². The number of nitrogens with one attached hydrogen (secondary N) is 2. The zero-order valence-electron chi connectivity index (χ0n) is 17.4. The van der Waals surface area contributed by atoms with Crippen LogP contribution in [0.25, 0.3) is 27.5 Å². The van der Waals surface area contributed by atoms with Gasteiger partial charge in [-0.25, -0.2) is 9.07 Å². The van der Waals surface area contributed by atoms with Gasteiger partial charge in [-0.3, -0.25) is 19.7 Å². The number of carbonyl (C=O) groups is 1. The van der Waals surface area contributed by atoms with Gasteiger partial charge in [0.15, 0.2) is 0 Å². The molecular weight excluding hydrogens is 407 g/mol. The van der Waals surface area contributed by atoms with E-state index >= 15 is 0 Å². The maximum atomic E-state index is 13.1. The van der Waals surface area contributed by atoms with Gasteiger partial charge in [-0.2, -0.15) is 0 Å². The minimum atomic E-state index is -0.376. The minimum Gasteiger partial charge on any atom is -0.322 e. The highest BCUT2D eigenvalue weighted by molar-refractivity contribution is 6.10. The van der Waals surface area contributed by atoms with Crippen LogP contribution < -0.4 is 10.9 Å². The number of rotatable bonds is 3. The van der Waals surface area contributed by atoms with Gasteiger partial charge in [-0.15, -0.1) is 0 Å². The molecule has 32 heavy (non-hydrogen) atoms.